The summed E-state index contributed by atoms with van der Waals surface area (Å²) in [6.45, 7) is 8.94. The van der Waals surface area contributed by atoms with Crippen LogP contribution < -0.4 is 16.9 Å². The van der Waals surface area contributed by atoms with Gasteiger partial charge in [-0.2, -0.15) is 89.5 Å². The average molecular weight is 1330 g/mol. The molecule has 9 nitrogen and oxygen atoms in total. The third-order valence-corrected chi connectivity index (χ3v) is 19.1. The largest absolute Gasteiger partial charge is 0.657 e. The van der Waals surface area contributed by atoms with E-state index in [0.29, 0.717) is 32.9 Å². The monoisotopic (exact) mass is 1330 g/mol. The summed E-state index contributed by atoms with van der Waals surface area (Å²) >= 11 is 0. The van der Waals surface area contributed by atoms with Crippen LogP contribution in [0.5, 0.6) is 0 Å². The summed E-state index contributed by atoms with van der Waals surface area (Å²) in [5.74, 6) is 0. The van der Waals surface area contributed by atoms with Gasteiger partial charge in [0.1, 0.15) is 16.7 Å². The van der Waals surface area contributed by atoms with Crippen LogP contribution in [-0.4, -0.2) is 19.6 Å². The summed E-state index contributed by atoms with van der Waals surface area (Å²) in [6, 6.07) is 55.0. The summed E-state index contributed by atoms with van der Waals surface area (Å²) in [5, 5.41) is 23.0. The van der Waals surface area contributed by atoms with E-state index in [1.54, 1.807) is 0 Å². The standard InChI is InChI=1S/3C26H21NO2.Ir/c3*1-15-9-19-13-20-12-18(14-23-25(20)24(19)21(10-15)26(28)29-23)16-5-4-6-17(11-16)22-7-2-3-8-27-22;/h3*4-5,9-12,14,22H,2-3,7-8,13H2,1H3;/q3*-2;. The van der Waals surface area contributed by atoms with Gasteiger partial charge in [0.15, 0.2) is 0 Å². The van der Waals surface area contributed by atoms with Crippen molar-refractivity contribution in [3.05, 3.63) is 260 Å². The summed E-state index contributed by atoms with van der Waals surface area (Å²) in [6.07, 6.45) is 13.1. The van der Waals surface area contributed by atoms with Crippen molar-refractivity contribution in [2.24, 2.45) is 0 Å². The summed E-state index contributed by atoms with van der Waals surface area (Å²) in [5.41, 5.74) is 22.2. The maximum Gasteiger partial charge on any atom is 0.344 e. The smallest absolute Gasteiger partial charge is 0.344 e. The molecule has 0 spiro atoms. The van der Waals surface area contributed by atoms with Crippen molar-refractivity contribution in [1.29, 1.82) is 0 Å². The van der Waals surface area contributed by atoms with Crippen LogP contribution in [-0.2, 0) is 39.4 Å². The van der Waals surface area contributed by atoms with Crippen molar-refractivity contribution >= 4 is 65.2 Å². The molecule has 0 bridgehead atoms. The first-order chi connectivity index (χ1) is 42.5. The van der Waals surface area contributed by atoms with Crippen LogP contribution in [0, 0.1) is 39.0 Å². The van der Waals surface area contributed by atoms with Gasteiger partial charge < -0.3 is 29.2 Å². The van der Waals surface area contributed by atoms with Gasteiger partial charge in [-0.25, -0.2) is 14.4 Å². The first kappa shape index (κ1) is 56.4. The Balaban J connectivity index is 0.000000110. The first-order valence-corrected chi connectivity index (χ1v) is 31.2. The topological polar surface area (TPSA) is 133 Å². The zero-order chi connectivity index (χ0) is 58.6. The average Bonchev–Trinajstić information content (AvgIpc) is 1.63. The third-order valence-electron chi connectivity index (χ3n) is 19.1. The Labute approximate surface area is 523 Å². The van der Waals surface area contributed by atoms with E-state index in [1.165, 1.54) is 71.9 Å². The Hall–Kier alpha value is -8.08. The van der Waals surface area contributed by atoms with Gasteiger partial charge >= 0.3 is 16.9 Å². The summed E-state index contributed by atoms with van der Waals surface area (Å²) in [7, 11) is 0. The molecule has 18 rings (SSSR count). The number of nitrogens with zero attached hydrogens (tertiary/aromatic N) is 3. The van der Waals surface area contributed by atoms with Crippen molar-refractivity contribution in [2.75, 3.05) is 19.6 Å². The second-order valence-electron chi connectivity index (χ2n) is 25.1. The predicted octanol–water partition coefficient (Wildman–Crippen LogP) is 18.7. The second-order valence-corrected chi connectivity index (χ2v) is 25.1. The fourth-order valence-corrected chi connectivity index (χ4v) is 15.2. The van der Waals surface area contributed by atoms with Crippen LogP contribution in [0.1, 0.15) is 143 Å². The van der Waals surface area contributed by atoms with Gasteiger partial charge in [-0.1, -0.05) is 94.2 Å². The van der Waals surface area contributed by atoms with Crippen LogP contribution in [0.3, 0.4) is 0 Å². The minimum Gasteiger partial charge on any atom is -0.657 e. The molecule has 0 saturated carbocycles. The number of hydrogen-bond donors (Lipinski definition) is 0. The number of aryl methyl sites for hydroxylation is 3. The molecule has 6 heterocycles. The molecule has 3 aromatic heterocycles. The van der Waals surface area contributed by atoms with Crippen LogP contribution in [0.2, 0.25) is 0 Å². The molecule has 10 heteroatoms. The molecule has 6 aliphatic rings. The van der Waals surface area contributed by atoms with E-state index >= 15 is 0 Å². The maximum atomic E-state index is 12.6. The minimum atomic E-state index is -0.245. The quantitative estimate of drug-likeness (QED) is 0.0925. The fourth-order valence-electron chi connectivity index (χ4n) is 15.2. The molecule has 3 fully saturated rings. The Morgan fingerprint density at radius 1 is 0.352 bits per heavy atom. The molecule has 3 aliphatic carbocycles. The van der Waals surface area contributed by atoms with Crippen molar-refractivity contribution < 1.29 is 33.4 Å². The number of hydrogen-bond acceptors (Lipinski definition) is 6. The summed E-state index contributed by atoms with van der Waals surface area (Å²) < 4.78 is 17.3. The minimum absolute atomic E-state index is 0. The molecule has 441 valence electrons. The molecule has 3 aliphatic heterocycles. The molecular weight excluding hydrogens is 1270 g/mol. The van der Waals surface area contributed by atoms with Gasteiger partial charge in [-0.3, -0.25) is 0 Å². The van der Waals surface area contributed by atoms with Crippen molar-refractivity contribution in [3.8, 4) is 33.4 Å². The number of piperidine rings is 3. The van der Waals surface area contributed by atoms with Crippen LogP contribution >= 0.6 is 0 Å². The van der Waals surface area contributed by atoms with Gasteiger partial charge in [0, 0.05) is 52.4 Å². The van der Waals surface area contributed by atoms with Gasteiger partial charge in [0.05, 0.1) is 16.2 Å². The molecular formula is C78H63IrN3O6-6. The van der Waals surface area contributed by atoms with Gasteiger partial charge in [-0.05, 0) is 143 Å². The molecule has 12 aromatic rings. The van der Waals surface area contributed by atoms with Gasteiger partial charge in [0.25, 0.3) is 0 Å². The SMILES string of the molecule is Cc1cc2c3c(c1)c(=O)oc1cc(-c4cc[c-]c(C5CCCC[N-]5)c4)cc(c13)C2.Cc1cc2c3c(c1)c(=O)oc1cc(-c4cc[c-]c(C5CCCC[N-]5)c4)cc(c13)C2.Cc1cc2c3c(c1)c(=O)oc1cc(-c4cc[c-]c(C5CCCC[N-]5)c4)cc(c13)C2.[Ir]. The normalized spacial score (nSPS) is 18.0. The molecule has 0 N–H and O–H groups in total. The molecule has 3 unspecified atom stereocenters. The second kappa shape index (κ2) is 22.8. The molecule has 88 heavy (non-hydrogen) atoms. The van der Waals surface area contributed by atoms with Crippen LogP contribution in [0.15, 0.2) is 155 Å². The number of benzene rings is 9. The third kappa shape index (κ3) is 10.1. The van der Waals surface area contributed by atoms with Crippen molar-refractivity contribution in [3.63, 3.8) is 0 Å². The Morgan fingerprint density at radius 3 is 0.932 bits per heavy atom. The van der Waals surface area contributed by atoms with E-state index in [1.807, 2.05) is 75.4 Å². The summed E-state index contributed by atoms with van der Waals surface area (Å²) in [4.78, 5) is 37.9. The Bertz CT molecular complexity index is 4540. The maximum absolute atomic E-state index is 12.6. The van der Waals surface area contributed by atoms with E-state index in [-0.39, 0.29) is 55.1 Å². The molecule has 9 aromatic carbocycles. The van der Waals surface area contributed by atoms with E-state index in [2.05, 4.69) is 91.0 Å². The van der Waals surface area contributed by atoms with Gasteiger partial charge in [0.2, 0.25) is 0 Å². The molecule has 3 atom stereocenters. The van der Waals surface area contributed by atoms with Crippen molar-refractivity contribution in [2.45, 2.75) is 116 Å². The zero-order valence-electron chi connectivity index (χ0n) is 49.6. The predicted molar refractivity (Wildman–Crippen MR) is 350 cm³/mol. The number of rotatable bonds is 6. The molecule has 3 saturated heterocycles. The first-order valence-electron chi connectivity index (χ1n) is 31.2. The van der Waals surface area contributed by atoms with E-state index < -0.39 is 0 Å². The Kier molecular flexibility index (Phi) is 14.6. The van der Waals surface area contributed by atoms with E-state index in [0.717, 1.165) is 157 Å². The van der Waals surface area contributed by atoms with Crippen LogP contribution in [0.25, 0.3) is 115 Å². The van der Waals surface area contributed by atoms with Crippen LogP contribution in [0.4, 0.5) is 0 Å². The molecule has 0 amide bonds. The van der Waals surface area contributed by atoms with Crippen molar-refractivity contribution in [1.82, 2.24) is 0 Å². The zero-order valence-corrected chi connectivity index (χ0v) is 52.0. The van der Waals surface area contributed by atoms with E-state index in [4.69, 9.17) is 29.2 Å². The van der Waals surface area contributed by atoms with E-state index in [9.17, 15) is 14.4 Å². The van der Waals surface area contributed by atoms with Gasteiger partial charge in [-0.15, -0.1) is 54.5 Å². The molecule has 1 radical (unpaired) electrons. The fraction of sp³-hybridized carbons (Fsp3) is 0.269. The Morgan fingerprint density at radius 2 is 0.648 bits per heavy atom.